The smallest absolute Gasteiger partial charge is 0.261 e. The van der Waals surface area contributed by atoms with E-state index in [1.54, 1.807) is 18.2 Å². The van der Waals surface area contributed by atoms with Crippen molar-refractivity contribution in [3.63, 3.8) is 0 Å². The third kappa shape index (κ3) is 5.53. The minimum absolute atomic E-state index is 0.0486. The highest BCUT2D eigenvalue weighted by atomic mass is 32.2. The molecule has 1 aromatic heterocycles. The van der Waals surface area contributed by atoms with E-state index in [4.69, 9.17) is 0 Å². The molecule has 178 valence electrons. The molecule has 0 saturated heterocycles. The number of aromatic nitrogens is 1. The number of nitrogens with one attached hydrogen (secondary N) is 4. The van der Waals surface area contributed by atoms with Gasteiger partial charge in [0.1, 0.15) is 5.82 Å². The van der Waals surface area contributed by atoms with Crippen molar-refractivity contribution in [2.24, 2.45) is 0 Å². The Bertz CT molecular complexity index is 1620. The first-order valence-corrected chi connectivity index (χ1v) is 11.7. The van der Waals surface area contributed by atoms with Crippen LogP contribution in [-0.4, -0.2) is 25.2 Å². The van der Waals surface area contributed by atoms with Gasteiger partial charge in [-0.1, -0.05) is 6.07 Å². The van der Waals surface area contributed by atoms with Gasteiger partial charge in [0.25, 0.3) is 15.9 Å². The number of sulfonamides is 1. The van der Waals surface area contributed by atoms with Gasteiger partial charge < -0.3 is 15.6 Å². The summed E-state index contributed by atoms with van der Waals surface area (Å²) in [4.78, 5) is 38.9. The van der Waals surface area contributed by atoms with Gasteiger partial charge in [-0.2, -0.15) is 0 Å². The van der Waals surface area contributed by atoms with Gasteiger partial charge in [-0.25, -0.2) is 12.8 Å². The lowest BCUT2D eigenvalue weighted by atomic mass is 10.1. The lowest BCUT2D eigenvalue weighted by Crippen LogP contribution is -2.18. The van der Waals surface area contributed by atoms with Gasteiger partial charge in [-0.3, -0.25) is 19.1 Å². The van der Waals surface area contributed by atoms with E-state index in [1.807, 2.05) is 0 Å². The number of pyridine rings is 1. The highest BCUT2D eigenvalue weighted by Crippen LogP contribution is 2.24. The Morgan fingerprint density at radius 2 is 1.54 bits per heavy atom. The summed E-state index contributed by atoms with van der Waals surface area (Å²) in [7, 11) is -4.08. The zero-order valence-electron chi connectivity index (χ0n) is 18.3. The maximum Gasteiger partial charge on any atom is 0.261 e. The predicted molar refractivity (Wildman–Crippen MR) is 130 cm³/mol. The molecule has 0 bridgehead atoms. The zero-order valence-corrected chi connectivity index (χ0v) is 19.1. The van der Waals surface area contributed by atoms with E-state index in [0.29, 0.717) is 11.4 Å². The van der Waals surface area contributed by atoms with Crippen molar-refractivity contribution >= 4 is 49.8 Å². The number of rotatable bonds is 6. The Labute approximate surface area is 199 Å². The molecule has 1 heterocycles. The molecule has 0 aliphatic rings. The van der Waals surface area contributed by atoms with E-state index < -0.39 is 27.3 Å². The van der Waals surface area contributed by atoms with Crippen molar-refractivity contribution in [2.75, 3.05) is 15.4 Å². The third-order valence-corrected chi connectivity index (χ3v) is 6.29. The zero-order chi connectivity index (χ0) is 25.2. The molecule has 0 unspecified atom stereocenters. The van der Waals surface area contributed by atoms with Crippen LogP contribution in [0.4, 0.5) is 21.5 Å². The van der Waals surface area contributed by atoms with E-state index in [0.717, 1.165) is 18.2 Å². The van der Waals surface area contributed by atoms with Gasteiger partial charge in [0.15, 0.2) is 0 Å². The second-order valence-corrected chi connectivity index (χ2v) is 9.27. The van der Waals surface area contributed by atoms with Gasteiger partial charge in [0.05, 0.1) is 10.5 Å². The summed E-state index contributed by atoms with van der Waals surface area (Å²) in [6, 6.07) is 16.2. The fraction of sp³-hybridized carbons (Fsp3) is 0.0417. The molecule has 0 radical (unpaired) electrons. The van der Waals surface area contributed by atoms with Gasteiger partial charge in [-0.05, 0) is 60.7 Å². The van der Waals surface area contributed by atoms with Crippen molar-refractivity contribution in [3.05, 3.63) is 94.5 Å². The molecule has 0 fully saturated rings. The fourth-order valence-corrected chi connectivity index (χ4v) is 4.48. The number of fused-ring (bicyclic) bond motifs is 1. The molecule has 4 aromatic rings. The first-order valence-electron chi connectivity index (χ1n) is 10.3. The molecule has 0 aliphatic carbocycles. The SMILES string of the molecule is CC(=O)Nc1cccc(NC(=O)c2cc(=O)[nH]c3ccc(S(=O)(=O)Nc4ccc(F)cc4)cc23)c1. The fourth-order valence-electron chi connectivity index (χ4n) is 3.40. The second-order valence-electron chi connectivity index (χ2n) is 7.58. The molecular formula is C24H19FN4O5S. The summed E-state index contributed by atoms with van der Waals surface area (Å²) in [5.41, 5.74) is 0.644. The van der Waals surface area contributed by atoms with E-state index in [1.165, 1.54) is 43.3 Å². The van der Waals surface area contributed by atoms with Crippen LogP contribution in [0.25, 0.3) is 10.9 Å². The van der Waals surface area contributed by atoms with E-state index in [2.05, 4.69) is 20.3 Å². The van der Waals surface area contributed by atoms with E-state index in [9.17, 15) is 27.2 Å². The normalized spacial score (nSPS) is 11.1. The average molecular weight is 495 g/mol. The molecule has 0 atom stereocenters. The number of hydrogen-bond acceptors (Lipinski definition) is 5. The van der Waals surface area contributed by atoms with Crippen LogP contribution in [0.1, 0.15) is 17.3 Å². The highest BCUT2D eigenvalue weighted by Gasteiger charge is 2.19. The molecule has 2 amide bonds. The Morgan fingerprint density at radius 3 is 2.23 bits per heavy atom. The number of halogens is 1. The minimum Gasteiger partial charge on any atom is -0.326 e. The monoisotopic (exact) mass is 494 g/mol. The summed E-state index contributed by atoms with van der Waals surface area (Å²) in [6.45, 7) is 1.35. The summed E-state index contributed by atoms with van der Waals surface area (Å²) in [6.07, 6.45) is 0. The molecule has 35 heavy (non-hydrogen) atoms. The third-order valence-electron chi connectivity index (χ3n) is 4.91. The lowest BCUT2D eigenvalue weighted by molar-refractivity contribution is -0.114. The average Bonchev–Trinajstić information content (AvgIpc) is 2.79. The summed E-state index contributed by atoms with van der Waals surface area (Å²) in [5, 5.41) is 5.45. The number of aromatic amines is 1. The van der Waals surface area contributed by atoms with Gasteiger partial charge >= 0.3 is 0 Å². The quantitative estimate of drug-likeness (QED) is 0.324. The van der Waals surface area contributed by atoms with E-state index in [-0.39, 0.29) is 33.0 Å². The number of benzene rings is 3. The van der Waals surface area contributed by atoms with Crippen LogP contribution in [0.2, 0.25) is 0 Å². The predicted octanol–water partition coefficient (Wildman–Crippen LogP) is 3.68. The molecule has 0 saturated carbocycles. The van der Waals surface area contributed by atoms with Gasteiger partial charge in [0.2, 0.25) is 11.5 Å². The number of anilines is 3. The van der Waals surface area contributed by atoms with Crippen LogP contribution in [-0.2, 0) is 14.8 Å². The molecule has 0 spiro atoms. The molecule has 3 aromatic carbocycles. The lowest BCUT2D eigenvalue weighted by Gasteiger charge is -2.12. The van der Waals surface area contributed by atoms with Crippen molar-refractivity contribution in [3.8, 4) is 0 Å². The van der Waals surface area contributed by atoms with Crippen LogP contribution in [0.5, 0.6) is 0 Å². The Kier molecular flexibility index (Phi) is 6.34. The second kappa shape index (κ2) is 9.39. The number of H-pyrrole nitrogens is 1. The van der Waals surface area contributed by atoms with Crippen molar-refractivity contribution in [1.29, 1.82) is 0 Å². The van der Waals surface area contributed by atoms with Gasteiger partial charge in [-0.15, -0.1) is 0 Å². The Balaban J connectivity index is 1.70. The highest BCUT2D eigenvalue weighted by molar-refractivity contribution is 7.92. The first kappa shape index (κ1) is 23.6. The first-order chi connectivity index (χ1) is 16.6. The molecule has 4 rings (SSSR count). The summed E-state index contributed by atoms with van der Waals surface area (Å²) in [5.74, 6) is -1.44. The molecule has 9 nitrogen and oxygen atoms in total. The summed E-state index contributed by atoms with van der Waals surface area (Å²) >= 11 is 0. The Morgan fingerprint density at radius 1 is 0.857 bits per heavy atom. The maximum atomic E-state index is 13.1. The molecule has 4 N–H and O–H groups in total. The van der Waals surface area contributed by atoms with Crippen LogP contribution < -0.4 is 20.9 Å². The minimum atomic E-state index is -4.08. The van der Waals surface area contributed by atoms with Crippen molar-refractivity contribution in [1.82, 2.24) is 4.98 Å². The maximum absolute atomic E-state index is 13.1. The molecular weight excluding hydrogens is 475 g/mol. The molecule has 0 aliphatic heterocycles. The van der Waals surface area contributed by atoms with Crippen molar-refractivity contribution in [2.45, 2.75) is 11.8 Å². The largest absolute Gasteiger partial charge is 0.326 e. The molecule has 11 heteroatoms. The van der Waals surface area contributed by atoms with Crippen LogP contribution >= 0.6 is 0 Å². The van der Waals surface area contributed by atoms with Gasteiger partial charge in [0, 0.05) is 41.0 Å². The van der Waals surface area contributed by atoms with Crippen molar-refractivity contribution < 1.29 is 22.4 Å². The van der Waals surface area contributed by atoms with E-state index >= 15 is 0 Å². The van der Waals surface area contributed by atoms with Crippen LogP contribution in [0.15, 0.2) is 82.5 Å². The van der Waals surface area contributed by atoms with Crippen LogP contribution in [0.3, 0.4) is 0 Å². The topological polar surface area (TPSA) is 137 Å². The summed E-state index contributed by atoms with van der Waals surface area (Å²) < 4.78 is 41.3. The number of carbonyl (C=O) groups is 2. The standard InChI is InChI=1S/C24H19FN4O5S/c1-14(30)26-17-3-2-4-18(11-17)27-24(32)21-13-23(31)28-22-10-9-19(12-20(21)22)35(33,34)29-16-7-5-15(25)6-8-16/h2-13,29H,1H3,(H,26,30)(H,27,32)(H,28,31). The number of hydrogen-bond donors (Lipinski definition) is 4. The number of carbonyl (C=O) groups excluding carboxylic acids is 2. The number of amides is 2. The van der Waals surface area contributed by atoms with Crippen LogP contribution in [0, 0.1) is 5.82 Å². The Hall–Kier alpha value is -4.51.